The summed E-state index contributed by atoms with van der Waals surface area (Å²) in [7, 11) is 0. The molecule has 0 aromatic heterocycles. The molecule has 1 aliphatic heterocycles. The maximum Gasteiger partial charge on any atom is 0.339 e. The molecule has 0 spiro atoms. The van der Waals surface area contributed by atoms with E-state index < -0.39 is 5.97 Å². The topological polar surface area (TPSA) is 65.0 Å². The van der Waals surface area contributed by atoms with Gasteiger partial charge in [0, 0.05) is 11.3 Å². The number of allylic oxidation sites excluding steroid dienone is 1. The second kappa shape index (κ2) is 9.55. The molecule has 1 saturated heterocycles. The first-order chi connectivity index (χ1) is 16.7. The van der Waals surface area contributed by atoms with Gasteiger partial charge >= 0.3 is 5.97 Å². The van der Waals surface area contributed by atoms with Crippen molar-refractivity contribution in [3.8, 4) is 5.75 Å². The van der Waals surface area contributed by atoms with Crippen LogP contribution in [0.4, 0.5) is 0 Å². The predicted molar refractivity (Wildman–Crippen MR) is 136 cm³/mol. The number of aryl methyl sites for hydroxylation is 1. The van der Waals surface area contributed by atoms with E-state index in [1.54, 1.807) is 6.07 Å². The van der Waals surface area contributed by atoms with Crippen LogP contribution in [0, 0.1) is 35.5 Å². The quantitative estimate of drug-likeness (QED) is 0.453. The Kier molecular flexibility index (Phi) is 6.78. The minimum absolute atomic E-state index is 0.0135. The summed E-state index contributed by atoms with van der Waals surface area (Å²) < 4.78 is 19.2. The molecule has 1 heterocycles. The van der Waals surface area contributed by atoms with Crippen molar-refractivity contribution in [2.24, 2.45) is 28.6 Å². The lowest BCUT2D eigenvalue weighted by Gasteiger charge is -2.63. The molecule has 0 amide bonds. The lowest BCUT2D eigenvalue weighted by atomic mass is 9.46. The average Bonchev–Trinajstić information content (AvgIpc) is 3.35. The largest absolute Gasteiger partial charge is 0.493 e. The van der Waals surface area contributed by atoms with Crippen molar-refractivity contribution >= 4 is 5.97 Å². The fraction of sp³-hybridized carbons (Fsp3) is 0.700. The smallest absolute Gasteiger partial charge is 0.339 e. The first-order valence-corrected chi connectivity index (χ1v) is 13.6. The molecule has 192 valence electrons. The van der Waals surface area contributed by atoms with Crippen LogP contribution in [0.3, 0.4) is 0 Å². The number of hydrogen-bond donors (Lipinski definition) is 1. The Balaban J connectivity index is 1.29. The number of aromatic carboxylic acids is 1. The zero-order valence-electron chi connectivity index (χ0n) is 21.7. The molecule has 4 fully saturated rings. The van der Waals surface area contributed by atoms with E-state index in [0.717, 1.165) is 44.3 Å². The first kappa shape index (κ1) is 24.8. The zero-order chi connectivity index (χ0) is 24.8. The van der Waals surface area contributed by atoms with Crippen LogP contribution in [0.2, 0.25) is 0 Å². The molecule has 4 aliphatic rings. The van der Waals surface area contributed by atoms with E-state index in [1.807, 2.05) is 19.1 Å². The Morgan fingerprint density at radius 1 is 1.17 bits per heavy atom. The van der Waals surface area contributed by atoms with Gasteiger partial charge in [0.2, 0.25) is 0 Å². The molecule has 1 N–H and O–H groups in total. The molecule has 6 atom stereocenters. The van der Waals surface area contributed by atoms with Crippen LogP contribution in [0.5, 0.6) is 5.75 Å². The number of benzene rings is 1. The van der Waals surface area contributed by atoms with Crippen LogP contribution < -0.4 is 4.74 Å². The summed E-state index contributed by atoms with van der Waals surface area (Å²) in [6, 6.07) is 5.27. The minimum atomic E-state index is -0.950. The summed E-state index contributed by atoms with van der Waals surface area (Å²) in [6.45, 7) is 12.6. The van der Waals surface area contributed by atoms with E-state index in [-0.39, 0.29) is 28.8 Å². The number of carbonyl (C=O) groups is 1. The maximum absolute atomic E-state index is 11.6. The van der Waals surface area contributed by atoms with Gasteiger partial charge in [-0.2, -0.15) is 0 Å². The van der Waals surface area contributed by atoms with Gasteiger partial charge in [-0.05, 0) is 86.8 Å². The van der Waals surface area contributed by atoms with Crippen LogP contribution in [-0.4, -0.2) is 36.7 Å². The van der Waals surface area contributed by atoms with Crippen molar-refractivity contribution < 1.29 is 24.1 Å². The molecule has 0 bridgehead atoms. The molecule has 3 aliphatic carbocycles. The van der Waals surface area contributed by atoms with Gasteiger partial charge in [0.05, 0.1) is 19.3 Å². The SMILES string of the molecule is C=C1CCC2[C@]3(C)CO[C@@H](C4CCCC4)O[C@@H]3CC[C@@]2(C)[C@@H]1CCOc1cc(C)ccc1C(=O)O. The van der Waals surface area contributed by atoms with Gasteiger partial charge in [0.25, 0.3) is 0 Å². The summed E-state index contributed by atoms with van der Waals surface area (Å²) in [5.74, 6) is 0.949. The highest BCUT2D eigenvalue weighted by atomic mass is 16.7. The number of carboxylic acid groups (broad SMARTS) is 1. The molecule has 0 radical (unpaired) electrons. The Bertz CT molecular complexity index is 965. The Hall–Kier alpha value is -1.85. The molecule has 5 rings (SSSR count). The zero-order valence-corrected chi connectivity index (χ0v) is 21.7. The van der Waals surface area contributed by atoms with Gasteiger partial charge in [0.1, 0.15) is 11.3 Å². The van der Waals surface area contributed by atoms with Gasteiger partial charge in [-0.1, -0.05) is 44.9 Å². The number of rotatable bonds is 6. The highest BCUT2D eigenvalue weighted by Crippen LogP contribution is 2.63. The third kappa shape index (κ3) is 4.44. The summed E-state index contributed by atoms with van der Waals surface area (Å²) in [5.41, 5.74) is 2.69. The molecule has 5 nitrogen and oxygen atoms in total. The van der Waals surface area contributed by atoms with Crippen molar-refractivity contribution in [2.75, 3.05) is 13.2 Å². The van der Waals surface area contributed by atoms with Crippen molar-refractivity contribution in [2.45, 2.75) is 91.0 Å². The second-order valence-electron chi connectivity index (χ2n) is 12.1. The van der Waals surface area contributed by atoms with E-state index in [2.05, 4.69) is 20.4 Å². The molecule has 5 heteroatoms. The lowest BCUT2D eigenvalue weighted by molar-refractivity contribution is -0.316. The molecule has 35 heavy (non-hydrogen) atoms. The summed E-state index contributed by atoms with van der Waals surface area (Å²) in [6.07, 6.45) is 10.6. The Morgan fingerprint density at radius 2 is 1.94 bits per heavy atom. The van der Waals surface area contributed by atoms with E-state index in [4.69, 9.17) is 14.2 Å². The molecule has 1 aromatic carbocycles. The van der Waals surface area contributed by atoms with Crippen LogP contribution >= 0.6 is 0 Å². The van der Waals surface area contributed by atoms with Crippen molar-refractivity contribution in [3.05, 3.63) is 41.5 Å². The third-order valence-electron chi connectivity index (χ3n) is 9.99. The van der Waals surface area contributed by atoms with Crippen LogP contribution in [0.15, 0.2) is 30.4 Å². The van der Waals surface area contributed by atoms with Crippen LogP contribution in [-0.2, 0) is 9.47 Å². The van der Waals surface area contributed by atoms with Gasteiger partial charge < -0.3 is 19.3 Å². The van der Waals surface area contributed by atoms with E-state index in [1.165, 1.54) is 31.3 Å². The van der Waals surface area contributed by atoms with Gasteiger partial charge in [-0.25, -0.2) is 4.79 Å². The van der Waals surface area contributed by atoms with Gasteiger partial charge in [-0.3, -0.25) is 0 Å². The fourth-order valence-electron chi connectivity index (χ4n) is 8.07. The molecular weight excluding hydrogens is 440 g/mol. The van der Waals surface area contributed by atoms with Gasteiger partial charge in [-0.15, -0.1) is 0 Å². The standard InChI is InChI=1S/C30H42O5/c1-19-9-11-22(27(31)32)24(17-19)33-16-14-23-20(2)10-12-25-29(23,3)15-13-26-30(25,4)18-34-28(35-26)21-7-5-6-8-21/h9,11,17,21,23,25-26,28H,2,5-8,10,12-16,18H2,1,3-4H3,(H,31,32)/t23-,25?,26-,28-,29+,30+/m1/s1. The summed E-state index contributed by atoms with van der Waals surface area (Å²) >= 11 is 0. The predicted octanol–water partition coefficient (Wildman–Crippen LogP) is 6.78. The Labute approximate surface area is 210 Å². The summed E-state index contributed by atoms with van der Waals surface area (Å²) in [4.78, 5) is 11.6. The summed E-state index contributed by atoms with van der Waals surface area (Å²) in [5, 5.41) is 9.55. The van der Waals surface area contributed by atoms with Crippen LogP contribution in [0.1, 0.15) is 87.6 Å². The van der Waals surface area contributed by atoms with Crippen molar-refractivity contribution in [3.63, 3.8) is 0 Å². The van der Waals surface area contributed by atoms with Crippen molar-refractivity contribution in [1.29, 1.82) is 0 Å². The first-order valence-electron chi connectivity index (χ1n) is 13.6. The molecule has 3 saturated carbocycles. The second-order valence-corrected chi connectivity index (χ2v) is 12.1. The average molecular weight is 483 g/mol. The van der Waals surface area contributed by atoms with Gasteiger partial charge in [0.15, 0.2) is 6.29 Å². The molecular formula is C30H42O5. The third-order valence-corrected chi connectivity index (χ3v) is 9.99. The van der Waals surface area contributed by atoms with Crippen LogP contribution in [0.25, 0.3) is 0 Å². The Morgan fingerprint density at radius 3 is 2.69 bits per heavy atom. The van der Waals surface area contributed by atoms with Crippen molar-refractivity contribution in [1.82, 2.24) is 0 Å². The highest BCUT2D eigenvalue weighted by molar-refractivity contribution is 5.90. The van der Waals surface area contributed by atoms with E-state index in [9.17, 15) is 9.90 Å². The number of fused-ring (bicyclic) bond motifs is 3. The monoisotopic (exact) mass is 482 g/mol. The highest BCUT2D eigenvalue weighted by Gasteiger charge is 2.60. The normalized spacial score (nSPS) is 37.5. The fourth-order valence-corrected chi connectivity index (χ4v) is 8.07. The maximum atomic E-state index is 11.6. The number of ether oxygens (including phenoxy) is 3. The number of carboxylic acids is 1. The number of hydrogen-bond acceptors (Lipinski definition) is 4. The van der Waals surface area contributed by atoms with E-state index >= 15 is 0 Å². The molecule has 1 aromatic rings. The van der Waals surface area contributed by atoms with E-state index in [0.29, 0.717) is 30.1 Å². The lowest BCUT2D eigenvalue weighted by Crippen LogP contribution is -2.62. The molecule has 1 unspecified atom stereocenters. The minimum Gasteiger partial charge on any atom is -0.493 e.